The predicted molar refractivity (Wildman–Crippen MR) is 57.3 cm³/mol. The lowest BCUT2D eigenvalue weighted by Gasteiger charge is -2.16. The largest absolute Gasteiger partial charge is 0.463 e. The first kappa shape index (κ1) is 13.6. The highest BCUT2D eigenvalue weighted by Gasteiger charge is 2.12. The van der Waals surface area contributed by atoms with Gasteiger partial charge in [-0.25, -0.2) is 4.79 Å². The lowest BCUT2D eigenvalue weighted by atomic mass is 10.3. The maximum atomic E-state index is 11.2. The van der Waals surface area contributed by atoms with Crippen LogP contribution >= 0.6 is 0 Å². The fraction of sp³-hybridized carbons (Fsp3) is 0.600. The highest BCUT2D eigenvalue weighted by molar-refractivity contribution is 5.88. The van der Waals surface area contributed by atoms with E-state index >= 15 is 0 Å². The molecule has 0 aromatic rings. The molecule has 0 unspecified atom stereocenters. The number of nitrogens with one attached hydrogen (secondary N) is 1. The van der Waals surface area contributed by atoms with Gasteiger partial charge < -0.3 is 10.1 Å². The second-order valence-corrected chi connectivity index (χ2v) is 3.17. The average molecular weight is 214 g/mol. The van der Waals surface area contributed by atoms with E-state index in [0.29, 0.717) is 18.7 Å². The van der Waals surface area contributed by atoms with Crippen LogP contribution in [0, 0.1) is 0 Å². The molecule has 0 aliphatic heterocycles. The number of esters is 1. The number of rotatable bonds is 6. The summed E-state index contributed by atoms with van der Waals surface area (Å²) < 4.78 is 4.77. The zero-order valence-electron chi connectivity index (χ0n) is 9.50. The van der Waals surface area contributed by atoms with Gasteiger partial charge in [-0.1, -0.05) is 6.58 Å². The highest BCUT2D eigenvalue weighted by Crippen LogP contribution is 1.97. The molecule has 5 heteroatoms. The van der Waals surface area contributed by atoms with E-state index in [1.54, 1.807) is 25.9 Å². The number of ether oxygens (including phenoxy) is 1. The Labute approximate surface area is 90.1 Å². The molecule has 0 bridgehead atoms. The molecule has 0 aromatic heterocycles. The van der Waals surface area contributed by atoms with Gasteiger partial charge in [-0.3, -0.25) is 9.69 Å². The second-order valence-electron chi connectivity index (χ2n) is 3.17. The van der Waals surface area contributed by atoms with Crippen molar-refractivity contribution in [2.24, 2.45) is 0 Å². The first-order valence-electron chi connectivity index (χ1n) is 4.75. The summed E-state index contributed by atoms with van der Waals surface area (Å²) in [6.45, 7) is 6.22. The van der Waals surface area contributed by atoms with Crippen molar-refractivity contribution in [1.29, 1.82) is 0 Å². The number of hydrogen-bond acceptors (Lipinski definition) is 4. The van der Waals surface area contributed by atoms with Crippen LogP contribution in [0.4, 0.5) is 0 Å². The summed E-state index contributed by atoms with van der Waals surface area (Å²) in [5, 5.41) is 2.50. The molecule has 1 amide bonds. The van der Waals surface area contributed by atoms with Crippen LogP contribution in [-0.2, 0) is 14.3 Å². The van der Waals surface area contributed by atoms with Crippen LogP contribution in [0.2, 0.25) is 0 Å². The van der Waals surface area contributed by atoms with Gasteiger partial charge in [0, 0.05) is 19.2 Å². The molecule has 15 heavy (non-hydrogen) atoms. The first-order chi connectivity index (χ1) is 7.01. The Hall–Kier alpha value is -1.36. The first-order valence-corrected chi connectivity index (χ1v) is 4.75. The monoisotopic (exact) mass is 214 g/mol. The van der Waals surface area contributed by atoms with Gasteiger partial charge in [0.1, 0.15) is 0 Å². The average Bonchev–Trinajstić information content (AvgIpc) is 2.17. The molecule has 0 radical (unpaired) electrons. The van der Waals surface area contributed by atoms with Crippen molar-refractivity contribution in [3.8, 4) is 0 Å². The van der Waals surface area contributed by atoms with Crippen molar-refractivity contribution in [3.63, 3.8) is 0 Å². The minimum Gasteiger partial charge on any atom is -0.463 e. The minimum absolute atomic E-state index is 0.103. The van der Waals surface area contributed by atoms with E-state index in [4.69, 9.17) is 4.74 Å². The summed E-state index contributed by atoms with van der Waals surface area (Å²) in [7, 11) is 3.30. The fourth-order valence-electron chi connectivity index (χ4n) is 1.00. The highest BCUT2D eigenvalue weighted by atomic mass is 16.5. The number of amides is 1. The molecule has 0 saturated heterocycles. The molecular formula is C10H18N2O3. The molecule has 0 atom stereocenters. The van der Waals surface area contributed by atoms with E-state index < -0.39 is 5.97 Å². The Bertz CT molecular complexity index is 251. The molecule has 1 N–H and O–H groups in total. The quantitative estimate of drug-likeness (QED) is 0.491. The van der Waals surface area contributed by atoms with Crippen LogP contribution in [0.15, 0.2) is 12.2 Å². The summed E-state index contributed by atoms with van der Waals surface area (Å²) in [5.74, 6) is -0.518. The molecule has 86 valence electrons. The zero-order chi connectivity index (χ0) is 11.8. The van der Waals surface area contributed by atoms with Gasteiger partial charge in [0.25, 0.3) is 0 Å². The molecule has 0 heterocycles. The van der Waals surface area contributed by atoms with E-state index in [1.165, 1.54) is 0 Å². The summed E-state index contributed by atoms with van der Waals surface area (Å²) >= 11 is 0. The van der Waals surface area contributed by atoms with Crippen molar-refractivity contribution in [3.05, 3.63) is 12.2 Å². The molecule has 0 rings (SSSR count). The van der Waals surface area contributed by atoms with Crippen molar-refractivity contribution in [2.45, 2.75) is 6.92 Å². The molecule has 0 saturated carbocycles. The smallest absolute Gasteiger partial charge is 0.334 e. The Morgan fingerprint density at radius 2 is 2.00 bits per heavy atom. The topological polar surface area (TPSA) is 58.6 Å². The van der Waals surface area contributed by atoms with Gasteiger partial charge in [0.2, 0.25) is 5.91 Å². The van der Waals surface area contributed by atoms with Crippen LogP contribution < -0.4 is 5.32 Å². The lowest BCUT2D eigenvalue weighted by molar-refractivity contribution is -0.139. The Kier molecular flexibility index (Phi) is 6.37. The maximum Gasteiger partial charge on any atom is 0.334 e. The van der Waals surface area contributed by atoms with Crippen LogP contribution in [0.1, 0.15) is 6.92 Å². The van der Waals surface area contributed by atoms with Gasteiger partial charge in [0.05, 0.1) is 13.2 Å². The van der Waals surface area contributed by atoms with Gasteiger partial charge in [-0.15, -0.1) is 0 Å². The molecule has 0 spiro atoms. The van der Waals surface area contributed by atoms with E-state index in [0.717, 1.165) is 0 Å². The molecular weight excluding hydrogens is 196 g/mol. The SMILES string of the molecule is C=C(CN(C)CC(=O)NC)C(=O)OCC. The fourth-order valence-corrected chi connectivity index (χ4v) is 1.00. The summed E-state index contributed by atoms with van der Waals surface area (Å²) in [6.07, 6.45) is 0. The third kappa shape index (κ3) is 5.85. The molecule has 0 fully saturated rings. The van der Waals surface area contributed by atoms with E-state index in [2.05, 4.69) is 11.9 Å². The third-order valence-electron chi connectivity index (χ3n) is 1.72. The Balaban J connectivity index is 3.95. The second kappa shape index (κ2) is 7.00. The summed E-state index contributed by atoms with van der Waals surface area (Å²) in [4.78, 5) is 23.9. The van der Waals surface area contributed by atoms with E-state index in [1.807, 2.05) is 0 Å². The van der Waals surface area contributed by atoms with Gasteiger partial charge in [0.15, 0.2) is 0 Å². The number of hydrogen-bond donors (Lipinski definition) is 1. The normalized spacial score (nSPS) is 9.87. The molecule has 5 nitrogen and oxygen atoms in total. The van der Waals surface area contributed by atoms with Gasteiger partial charge in [-0.05, 0) is 14.0 Å². The molecule has 0 aliphatic carbocycles. The number of nitrogens with zero attached hydrogens (tertiary/aromatic N) is 1. The van der Waals surface area contributed by atoms with Gasteiger partial charge in [-0.2, -0.15) is 0 Å². The van der Waals surface area contributed by atoms with Crippen molar-refractivity contribution in [1.82, 2.24) is 10.2 Å². The van der Waals surface area contributed by atoms with Crippen molar-refractivity contribution in [2.75, 3.05) is 33.8 Å². The third-order valence-corrected chi connectivity index (χ3v) is 1.72. The standard InChI is InChI=1S/C10H18N2O3/c1-5-15-10(14)8(2)6-12(4)7-9(13)11-3/h2,5-7H2,1,3-4H3,(H,11,13). The van der Waals surface area contributed by atoms with Crippen molar-refractivity contribution >= 4 is 11.9 Å². The summed E-state index contributed by atoms with van der Waals surface area (Å²) in [5.41, 5.74) is 0.350. The zero-order valence-corrected chi connectivity index (χ0v) is 9.50. The summed E-state index contributed by atoms with van der Waals surface area (Å²) in [6, 6.07) is 0. The van der Waals surface area contributed by atoms with Crippen molar-refractivity contribution < 1.29 is 14.3 Å². The Morgan fingerprint density at radius 1 is 1.40 bits per heavy atom. The van der Waals surface area contributed by atoms with Gasteiger partial charge >= 0.3 is 5.97 Å². The number of likely N-dealkylation sites (N-methyl/N-ethyl adjacent to an activating group) is 2. The minimum atomic E-state index is -0.416. The predicted octanol–water partition coefficient (Wildman–Crippen LogP) is -0.216. The molecule has 0 aliphatic rings. The van der Waals surface area contributed by atoms with Crippen LogP contribution in [0.5, 0.6) is 0 Å². The maximum absolute atomic E-state index is 11.2. The Morgan fingerprint density at radius 3 is 2.47 bits per heavy atom. The van der Waals surface area contributed by atoms with E-state index in [-0.39, 0.29) is 12.5 Å². The van der Waals surface area contributed by atoms with E-state index in [9.17, 15) is 9.59 Å². The van der Waals surface area contributed by atoms with Crippen LogP contribution in [0.25, 0.3) is 0 Å². The van der Waals surface area contributed by atoms with Crippen LogP contribution in [0.3, 0.4) is 0 Å². The number of carbonyl (C=O) groups excluding carboxylic acids is 2. The van der Waals surface area contributed by atoms with Crippen LogP contribution in [-0.4, -0.2) is 50.6 Å². The molecule has 0 aromatic carbocycles. The lowest BCUT2D eigenvalue weighted by Crippen LogP contribution is -2.35. The number of carbonyl (C=O) groups is 2.